The van der Waals surface area contributed by atoms with Gasteiger partial charge in [-0.2, -0.15) is 8.42 Å². The average Bonchev–Trinajstić information content (AvgIpc) is 3.32. The zero-order valence-electron chi connectivity index (χ0n) is 25.2. The molecule has 3 aromatic carbocycles. The third-order valence-corrected chi connectivity index (χ3v) is 8.18. The fourth-order valence-corrected chi connectivity index (χ4v) is 6.20. The highest BCUT2D eigenvalue weighted by Crippen LogP contribution is 2.42. The summed E-state index contributed by atoms with van der Waals surface area (Å²) in [5, 5.41) is 29.8. The Bertz CT molecular complexity index is 1780. The first kappa shape index (κ1) is 34.3. The SMILES string of the molecule is CC(C)c1c(C(=O)NS(=O)(=O)Nc2ccccc2)c(-c2ccc(F)cc2)c(-c2ccc(F)cc2)n1CC[C@@H](O)C[C@@H](O)CC(=O)O. The van der Waals surface area contributed by atoms with E-state index in [0.29, 0.717) is 22.5 Å². The molecule has 46 heavy (non-hydrogen) atoms. The van der Waals surface area contributed by atoms with Gasteiger partial charge >= 0.3 is 16.2 Å². The van der Waals surface area contributed by atoms with E-state index < -0.39 is 58.3 Å². The van der Waals surface area contributed by atoms with E-state index in [9.17, 15) is 37.0 Å². The molecule has 13 heteroatoms. The molecule has 0 saturated carbocycles. The predicted molar refractivity (Wildman–Crippen MR) is 169 cm³/mol. The fraction of sp³-hybridized carbons (Fsp3) is 0.273. The van der Waals surface area contributed by atoms with Crippen LogP contribution in [0.2, 0.25) is 0 Å². The van der Waals surface area contributed by atoms with Gasteiger partial charge in [-0.1, -0.05) is 44.2 Å². The van der Waals surface area contributed by atoms with Crippen LogP contribution in [0, 0.1) is 11.6 Å². The molecule has 4 rings (SSSR count). The van der Waals surface area contributed by atoms with Crippen molar-refractivity contribution in [3.05, 3.63) is 102 Å². The van der Waals surface area contributed by atoms with Gasteiger partial charge in [0.05, 0.1) is 35.6 Å². The first-order valence-electron chi connectivity index (χ1n) is 14.5. The number of aliphatic hydroxyl groups is 2. The van der Waals surface area contributed by atoms with Crippen molar-refractivity contribution in [3.63, 3.8) is 0 Å². The summed E-state index contributed by atoms with van der Waals surface area (Å²) in [5.74, 6) is -3.67. The number of aliphatic carboxylic acids is 1. The zero-order chi connectivity index (χ0) is 33.6. The number of amides is 1. The van der Waals surface area contributed by atoms with Crippen LogP contribution in [0.3, 0.4) is 0 Å². The Kier molecular flexibility index (Phi) is 10.9. The number of aliphatic hydroxyl groups excluding tert-OH is 2. The quantitative estimate of drug-likeness (QED) is 0.124. The maximum atomic E-state index is 14.1. The number of aromatic nitrogens is 1. The minimum Gasteiger partial charge on any atom is -0.481 e. The maximum Gasteiger partial charge on any atom is 0.323 e. The molecular weight excluding hydrogens is 620 g/mol. The van der Waals surface area contributed by atoms with Gasteiger partial charge in [0.2, 0.25) is 0 Å². The van der Waals surface area contributed by atoms with Crippen molar-refractivity contribution in [1.82, 2.24) is 9.29 Å². The third kappa shape index (κ3) is 8.56. The van der Waals surface area contributed by atoms with Crippen LogP contribution in [0.15, 0.2) is 78.9 Å². The lowest BCUT2D eigenvalue weighted by Crippen LogP contribution is -2.36. The van der Waals surface area contributed by atoms with E-state index in [-0.39, 0.29) is 36.2 Å². The van der Waals surface area contributed by atoms with Gasteiger partial charge in [-0.05, 0) is 78.4 Å². The second kappa shape index (κ2) is 14.7. The van der Waals surface area contributed by atoms with E-state index in [1.807, 2.05) is 0 Å². The molecule has 244 valence electrons. The number of halogens is 2. The topological polar surface area (TPSA) is 158 Å². The second-order valence-electron chi connectivity index (χ2n) is 11.1. The smallest absolute Gasteiger partial charge is 0.323 e. The van der Waals surface area contributed by atoms with Crippen LogP contribution < -0.4 is 9.44 Å². The van der Waals surface area contributed by atoms with Crippen molar-refractivity contribution in [2.24, 2.45) is 0 Å². The van der Waals surface area contributed by atoms with Crippen molar-refractivity contribution in [3.8, 4) is 22.4 Å². The van der Waals surface area contributed by atoms with Gasteiger partial charge in [0.15, 0.2) is 0 Å². The van der Waals surface area contributed by atoms with Gasteiger partial charge in [-0.15, -0.1) is 0 Å². The molecule has 2 atom stereocenters. The first-order valence-corrected chi connectivity index (χ1v) is 16.0. The van der Waals surface area contributed by atoms with Crippen LogP contribution in [-0.4, -0.2) is 52.4 Å². The number of rotatable bonds is 14. The third-order valence-electron chi connectivity index (χ3n) is 7.22. The Labute approximate surface area is 265 Å². The van der Waals surface area contributed by atoms with Crippen molar-refractivity contribution in [1.29, 1.82) is 0 Å². The molecule has 0 aliphatic rings. The molecule has 0 radical (unpaired) electrons. The number of anilines is 1. The molecule has 5 N–H and O–H groups in total. The van der Waals surface area contributed by atoms with Gasteiger partial charge in [0.1, 0.15) is 11.6 Å². The lowest BCUT2D eigenvalue weighted by molar-refractivity contribution is -0.139. The molecule has 0 bridgehead atoms. The Balaban J connectivity index is 1.89. The van der Waals surface area contributed by atoms with Crippen LogP contribution in [0.5, 0.6) is 0 Å². The molecular formula is C33H35F2N3O7S. The summed E-state index contributed by atoms with van der Waals surface area (Å²) >= 11 is 0. The largest absolute Gasteiger partial charge is 0.481 e. The summed E-state index contributed by atoms with van der Waals surface area (Å²) in [7, 11) is -4.44. The number of carboxylic acids is 1. The van der Waals surface area contributed by atoms with E-state index in [1.54, 1.807) is 36.6 Å². The highest BCUT2D eigenvalue weighted by Gasteiger charge is 2.32. The minimum atomic E-state index is -4.44. The first-order chi connectivity index (χ1) is 21.8. The number of benzene rings is 3. The molecule has 0 spiro atoms. The van der Waals surface area contributed by atoms with Gasteiger partial charge in [-0.3, -0.25) is 14.3 Å². The highest BCUT2D eigenvalue weighted by molar-refractivity contribution is 7.91. The zero-order valence-corrected chi connectivity index (χ0v) is 26.0. The van der Waals surface area contributed by atoms with Gasteiger partial charge < -0.3 is 19.9 Å². The molecule has 0 fully saturated rings. The molecule has 0 unspecified atom stereocenters. The van der Waals surface area contributed by atoms with Crippen LogP contribution in [0.1, 0.15) is 55.1 Å². The normalized spacial score (nSPS) is 12.9. The highest BCUT2D eigenvalue weighted by atomic mass is 32.2. The lowest BCUT2D eigenvalue weighted by Gasteiger charge is -2.20. The summed E-state index contributed by atoms with van der Waals surface area (Å²) in [4.78, 5) is 25.1. The van der Waals surface area contributed by atoms with Crippen LogP contribution in [-0.2, 0) is 21.5 Å². The predicted octanol–water partition coefficient (Wildman–Crippen LogP) is 5.29. The average molecular weight is 656 g/mol. The maximum absolute atomic E-state index is 14.1. The number of nitrogens with zero attached hydrogens (tertiary/aromatic N) is 1. The van der Waals surface area contributed by atoms with E-state index in [2.05, 4.69) is 9.44 Å². The van der Waals surface area contributed by atoms with Gasteiger partial charge in [0, 0.05) is 17.8 Å². The standard InChI is InChI=1S/C33H35F2N3O7S/c1-20(2)31-30(33(43)37-46(44,45)36-25-6-4-3-5-7-25)29(21-8-12-23(34)13-9-21)32(22-10-14-24(35)15-11-22)38(31)17-16-26(39)18-27(40)19-28(41)42/h3-15,20,26-27,36,39-40H,16-19H2,1-2H3,(H,37,43)(H,41,42)/t26-,27-/m1/s1. The molecule has 4 aromatic rings. The van der Waals surface area contributed by atoms with Crippen LogP contribution in [0.25, 0.3) is 22.4 Å². The van der Waals surface area contributed by atoms with E-state index in [4.69, 9.17) is 5.11 Å². The fourth-order valence-electron chi connectivity index (χ4n) is 5.36. The van der Waals surface area contributed by atoms with Crippen LogP contribution >= 0.6 is 0 Å². The Morgan fingerprint density at radius 2 is 1.41 bits per heavy atom. The van der Waals surface area contributed by atoms with E-state index in [0.717, 1.165) is 0 Å². The van der Waals surface area contributed by atoms with E-state index in [1.165, 1.54) is 60.7 Å². The number of carbonyl (C=O) groups is 2. The Morgan fingerprint density at radius 3 is 1.96 bits per heavy atom. The van der Waals surface area contributed by atoms with Crippen molar-refractivity contribution < 1.29 is 42.1 Å². The van der Waals surface area contributed by atoms with Crippen molar-refractivity contribution in [2.45, 2.75) is 57.8 Å². The monoisotopic (exact) mass is 655 g/mol. The number of nitrogens with one attached hydrogen (secondary N) is 2. The number of hydrogen-bond donors (Lipinski definition) is 5. The molecule has 10 nitrogen and oxygen atoms in total. The Morgan fingerprint density at radius 1 is 0.848 bits per heavy atom. The van der Waals surface area contributed by atoms with Gasteiger partial charge in [0.25, 0.3) is 5.91 Å². The Hall–Kier alpha value is -4.59. The van der Waals surface area contributed by atoms with Crippen LogP contribution in [0.4, 0.5) is 14.5 Å². The summed E-state index contributed by atoms with van der Waals surface area (Å²) in [6.45, 7) is 3.61. The summed E-state index contributed by atoms with van der Waals surface area (Å²) < 4.78 is 60.5. The molecule has 1 aromatic heterocycles. The lowest BCUT2D eigenvalue weighted by atomic mass is 9.94. The molecule has 1 heterocycles. The van der Waals surface area contributed by atoms with Crippen molar-refractivity contribution >= 4 is 27.8 Å². The van der Waals surface area contributed by atoms with E-state index >= 15 is 0 Å². The number of carbonyl (C=O) groups excluding carboxylic acids is 1. The number of para-hydroxylation sites is 1. The molecule has 0 aliphatic carbocycles. The molecule has 1 amide bonds. The number of hydrogen-bond acceptors (Lipinski definition) is 6. The molecule has 0 aliphatic heterocycles. The minimum absolute atomic E-state index is 0.0110. The van der Waals surface area contributed by atoms with Crippen molar-refractivity contribution in [2.75, 3.05) is 4.72 Å². The summed E-state index contributed by atoms with van der Waals surface area (Å²) in [6.07, 6.45) is -3.20. The molecule has 0 saturated heterocycles. The summed E-state index contributed by atoms with van der Waals surface area (Å²) in [5.41, 5.74) is 2.03. The second-order valence-corrected chi connectivity index (χ2v) is 12.6. The summed E-state index contributed by atoms with van der Waals surface area (Å²) in [6, 6.07) is 18.6. The van der Waals surface area contributed by atoms with Gasteiger partial charge in [-0.25, -0.2) is 13.5 Å². The number of carboxylic acid groups (broad SMARTS) is 1.